The summed E-state index contributed by atoms with van der Waals surface area (Å²) in [6.07, 6.45) is 0.911. The normalized spacial score (nSPS) is 14.9. The fourth-order valence-electron chi connectivity index (χ4n) is 3.97. The summed E-state index contributed by atoms with van der Waals surface area (Å²) in [5.74, 6) is 0.0816. The van der Waals surface area contributed by atoms with E-state index in [9.17, 15) is 9.18 Å². The largest absolute Gasteiger partial charge is 0.365 e. The molecule has 1 aromatic heterocycles. The Bertz CT molecular complexity index is 1020. The van der Waals surface area contributed by atoms with E-state index < -0.39 is 0 Å². The van der Waals surface area contributed by atoms with E-state index in [1.54, 1.807) is 18.2 Å². The lowest BCUT2D eigenvalue weighted by atomic mass is 10.1. The Balaban J connectivity index is 1.05. The molecule has 0 radical (unpaired) electrons. The van der Waals surface area contributed by atoms with E-state index >= 15 is 0 Å². The van der Waals surface area contributed by atoms with Crippen molar-refractivity contribution in [1.29, 1.82) is 0 Å². The van der Waals surface area contributed by atoms with Crippen LogP contribution in [0.2, 0.25) is 0 Å². The second-order valence-corrected chi connectivity index (χ2v) is 8.49. The molecule has 2 heterocycles. The number of carbonyl (C=O) groups is 1. The zero-order valence-electron chi connectivity index (χ0n) is 19.3. The quantitative estimate of drug-likeness (QED) is 0.437. The minimum absolute atomic E-state index is 0.0309. The van der Waals surface area contributed by atoms with Gasteiger partial charge in [0, 0.05) is 50.9 Å². The molecule has 0 spiro atoms. The molecule has 1 fully saturated rings. The van der Waals surface area contributed by atoms with Crippen molar-refractivity contribution in [1.82, 2.24) is 20.3 Å². The number of hydrogen-bond acceptors (Lipinski definition) is 6. The number of aromatic nitrogens is 1. The van der Waals surface area contributed by atoms with Crippen molar-refractivity contribution in [3.63, 3.8) is 0 Å². The third-order valence-electron chi connectivity index (χ3n) is 5.86. The molecule has 2 aromatic carbocycles. The molecule has 34 heavy (non-hydrogen) atoms. The van der Waals surface area contributed by atoms with Crippen molar-refractivity contribution in [3.8, 4) is 11.3 Å². The Morgan fingerprint density at radius 1 is 1.03 bits per heavy atom. The first kappa shape index (κ1) is 24.1. The van der Waals surface area contributed by atoms with E-state index in [1.165, 1.54) is 17.7 Å². The Kier molecular flexibility index (Phi) is 8.78. The van der Waals surface area contributed by atoms with E-state index in [1.807, 2.05) is 0 Å². The number of hydrogen-bond donors (Lipinski definition) is 1. The molecule has 0 aliphatic carbocycles. The van der Waals surface area contributed by atoms with Gasteiger partial charge in [-0.3, -0.25) is 9.69 Å². The van der Waals surface area contributed by atoms with Gasteiger partial charge in [0.2, 0.25) is 5.91 Å². The highest BCUT2D eigenvalue weighted by atomic mass is 19.1. The van der Waals surface area contributed by atoms with Crippen molar-refractivity contribution < 1.29 is 18.4 Å². The summed E-state index contributed by atoms with van der Waals surface area (Å²) in [6, 6.07) is 18.3. The number of carbonyl (C=O) groups excluding carboxylic acids is 1. The van der Waals surface area contributed by atoms with Crippen LogP contribution in [-0.4, -0.2) is 66.7 Å². The van der Waals surface area contributed by atoms with Gasteiger partial charge in [-0.05, 0) is 42.8 Å². The summed E-state index contributed by atoms with van der Waals surface area (Å²) < 4.78 is 23.7. The maximum absolute atomic E-state index is 13.0. The predicted molar refractivity (Wildman–Crippen MR) is 127 cm³/mol. The molecule has 1 aliphatic heterocycles. The molecule has 1 aliphatic rings. The highest BCUT2D eigenvalue weighted by Crippen LogP contribution is 2.20. The maximum Gasteiger partial charge on any atom is 0.246 e. The molecule has 0 unspecified atom stereocenters. The number of halogens is 1. The molecule has 180 valence electrons. The standard InChI is InChI=1S/C26H31FN4O3/c27-23-9-7-22(8-10-23)25-17-24(29-34-25)19-33-20-26(32)28-11-4-12-30-13-15-31(16-14-30)18-21-5-2-1-3-6-21/h1-3,5-10,17H,4,11-16,18-20H2,(H,28,32). The van der Waals surface area contributed by atoms with Gasteiger partial charge in [-0.1, -0.05) is 35.5 Å². The Morgan fingerprint density at radius 3 is 2.53 bits per heavy atom. The monoisotopic (exact) mass is 466 g/mol. The smallest absolute Gasteiger partial charge is 0.246 e. The van der Waals surface area contributed by atoms with Gasteiger partial charge in [0.1, 0.15) is 18.1 Å². The third-order valence-corrected chi connectivity index (χ3v) is 5.86. The zero-order valence-corrected chi connectivity index (χ0v) is 19.3. The minimum atomic E-state index is -0.306. The molecule has 1 amide bonds. The predicted octanol–water partition coefficient (Wildman–Crippen LogP) is 3.32. The van der Waals surface area contributed by atoms with Crippen molar-refractivity contribution in [2.45, 2.75) is 19.6 Å². The van der Waals surface area contributed by atoms with Crippen molar-refractivity contribution in [3.05, 3.63) is 77.7 Å². The molecule has 7 nitrogen and oxygen atoms in total. The summed E-state index contributed by atoms with van der Waals surface area (Å²) in [6.45, 7) is 7.01. The van der Waals surface area contributed by atoms with Gasteiger partial charge in [0.15, 0.2) is 5.76 Å². The second kappa shape index (κ2) is 12.4. The number of benzene rings is 2. The average Bonchev–Trinajstić information content (AvgIpc) is 3.33. The topological polar surface area (TPSA) is 70.8 Å². The maximum atomic E-state index is 13.0. The fourth-order valence-corrected chi connectivity index (χ4v) is 3.97. The van der Waals surface area contributed by atoms with Crippen molar-refractivity contribution >= 4 is 5.91 Å². The van der Waals surface area contributed by atoms with Gasteiger partial charge < -0.3 is 19.5 Å². The van der Waals surface area contributed by atoms with Gasteiger partial charge in [-0.25, -0.2) is 4.39 Å². The van der Waals surface area contributed by atoms with Crippen LogP contribution in [0.5, 0.6) is 0 Å². The first-order valence-electron chi connectivity index (χ1n) is 11.7. The van der Waals surface area contributed by atoms with Gasteiger partial charge >= 0.3 is 0 Å². The van der Waals surface area contributed by atoms with E-state index in [-0.39, 0.29) is 24.9 Å². The van der Waals surface area contributed by atoms with Crippen molar-refractivity contribution in [2.75, 3.05) is 45.9 Å². The molecule has 3 aromatic rings. The molecule has 1 saturated heterocycles. The van der Waals surface area contributed by atoms with Gasteiger partial charge in [-0.15, -0.1) is 0 Å². The number of piperazine rings is 1. The fraction of sp³-hybridized carbons (Fsp3) is 0.385. The van der Waals surface area contributed by atoms with Crippen LogP contribution >= 0.6 is 0 Å². The van der Waals surface area contributed by atoms with Crippen LogP contribution in [-0.2, 0) is 22.7 Å². The van der Waals surface area contributed by atoms with Crippen LogP contribution in [0.1, 0.15) is 17.7 Å². The number of rotatable bonds is 11. The molecule has 0 bridgehead atoms. The molecular weight excluding hydrogens is 435 g/mol. The van der Waals surface area contributed by atoms with E-state index in [4.69, 9.17) is 9.26 Å². The summed E-state index contributed by atoms with van der Waals surface area (Å²) in [7, 11) is 0. The van der Waals surface area contributed by atoms with E-state index in [2.05, 4.69) is 50.6 Å². The third kappa shape index (κ3) is 7.48. The summed E-state index contributed by atoms with van der Waals surface area (Å²) >= 11 is 0. The number of ether oxygens (including phenoxy) is 1. The molecule has 8 heteroatoms. The van der Waals surface area contributed by atoms with E-state index in [0.29, 0.717) is 18.0 Å². The number of amides is 1. The average molecular weight is 467 g/mol. The zero-order chi connectivity index (χ0) is 23.6. The summed E-state index contributed by atoms with van der Waals surface area (Å²) in [4.78, 5) is 17.0. The minimum Gasteiger partial charge on any atom is -0.365 e. The Morgan fingerprint density at radius 2 is 1.76 bits per heavy atom. The van der Waals surface area contributed by atoms with Crippen LogP contribution in [0.25, 0.3) is 11.3 Å². The van der Waals surface area contributed by atoms with Crippen LogP contribution in [0.3, 0.4) is 0 Å². The highest BCUT2D eigenvalue weighted by Gasteiger charge is 2.16. The Hall–Kier alpha value is -3.07. The van der Waals surface area contributed by atoms with Crippen LogP contribution in [0.15, 0.2) is 65.2 Å². The molecule has 4 rings (SSSR count). The SMILES string of the molecule is O=C(COCc1cc(-c2ccc(F)cc2)on1)NCCCN1CCN(Cc2ccccc2)CC1. The van der Waals surface area contributed by atoms with Crippen LogP contribution in [0.4, 0.5) is 4.39 Å². The highest BCUT2D eigenvalue weighted by molar-refractivity contribution is 5.77. The van der Waals surface area contributed by atoms with Gasteiger partial charge in [0.05, 0.1) is 6.61 Å². The lowest BCUT2D eigenvalue weighted by Gasteiger charge is -2.34. The van der Waals surface area contributed by atoms with Crippen LogP contribution < -0.4 is 5.32 Å². The number of nitrogens with zero attached hydrogens (tertiary/aromatic N) is 3. The molecule has 0 saturated carbocycles. The molecule has 0 atom stereocenters. The van der Waals surface area contributed by atoms with E-state index in [0.717, 1.165) is 51.3 Å². The lowest BCUT2D eigenvalue weighted by molar-refractivity contribution is -0.126. The lowest BCUT2D eigenvalue weighted by Crippen LogP contribution is -2.46. The van der Waals surface area contributed by atoms with Gasteiger partial charge in [-0.2, -0.15) is 0 Å². The molecular formula is C26H31FN4O3. The van der Waals surface area contributed by atoms with Gasteiger partial charge in [0.25, 0.3) is 0 Å². The first-order chi connectivity index (χ1) is 16.7. The molecule has 1 N–H and O–H groups in total. The Labute approximate surface area is 199 Å². The summed E-state index contributed by atoms with van der Waals surface area (Å²) in [5, 5.41) is 6.84. The second-order valence-electron chi connectivity index (χ2n) is 8.49. The van der Waals surface area contributed by atoms with Crippen molar-refractivity contribution in [2.24, 2.45) is 0 Å². The number of nitrogens with one attached hydrogen (secondary N) is 1. The van der Waals surface area contributed by atoms with Crippen LogP contribution in [0, 0.1) is 5.82 Å². The first-order valence-corrected chi connectivity index (χ1v) is 11.7. The summed E-state index contributed by atoms with van der Waals surface area (Å²) in [5.41, 5.74) is 2.67.